The highest BCUT2D eigenvalue weighted by Gasteiger charge is 2.22. The maximum atomic E-state index is 12.5. The number of hydrogen-bond acceptors (Lipinski definition) is 4. The summed E-state index contributed by atoms with van der Waals surface area (Å²) in [6.07, 6.45) is 1.75. The summed E-state index contributed by atoms with van der Waals surface area (Å²) < 4.78 is 11.6. The van der Waals surface area contributed by atoms with E-state index < -0.39 is 0 Å². The molecule has 0 saturated heterocycles. The number of rotatable bonds is 3. The van der Waals surface area contributed by atoms with E-state index in [-0.39, 0.29) is 12.5 Å². The number of anilines is 1. The lowest BCUT2D eigenvalue weighted by Crippen LogP contribution is -2.37. The number of nitrogens with zero attached hydrogens (tertiary/aromatic N) is 1. The van der Waals surface area contributed by atoms with E-state index in [2.05, 4.69) is 16.3 Å². The second-order valence-electron chi connectivity index (χ2n) is 6.72. The molecule has 4 rings (SSSR count). The molecule has 0 aromatic heterocycles. The van der Waals surface area contributed by atoms with E-state index in [9.17, 15) is 4.79 Å². The number of halogens is 2. The van der Waals surface area contributed by atoms with Gasteiger partial charge in [0.25, 0.3) is 0 Å². The number of carbonyl (C=O) groups is 1. The fourth-order valence-electron chi connectivity index (χ4n) is 3.41. The van der Waals surface area contributed by atoms with Crippen molar-refractivity contribution in [3.8, 4) is 11.5 Å². The minimum Gasteiger partial charge on any atom is -0.490 e. The van der Waals surface area contributed by atoms with Gasteiger partial charge in [0.15, 0.2) is 11.5 Å². The van der Waals surface area contributed by atoms with Gasteiger partial charge in [-0.25, -0.2) is 0 Å². The minimum atomic E-state index is -0.136. The molecule has 0 spiro atoms. The number of para-hydroxylation sites is 1. The Morgan fingerprint density at radius 2 is 1.74 bits per heavy atom. The van der Waals surface area contributed by atoms with Crippen LogP contribution in [0.3, 0.4) is 0 Å². The van der Waals surface area contributed by atoms with Crippen molar-refractivity contribution in [3.05, 3.63) is 51.5 Å². The first-order valence-corrected chi connectivity index (χ1v) is 9.73. The molecule has 2 aliphatic heterocycles. The molecule has 5 nitrogen and oxygen atoms in total. The highest BCUT2D eigenvalue weighted by atomic mass is 35.5. The summed E-state index contributed by atoms with van der Waals surface area (Å²) in [6, 6.07) is 9.28. The Labute approximate surface area is 168 Å². The highest BCUT2D eigenvalue weighted by molar-refractivity contribution is 6.39. The molecular weight excluding hydrogens is 387 g/mol. The number of amides is 1. The Balaban J connectivity index is 1.44. The summed E-state index contributed by atoms with van der Waals surface area (Å²) in [7, 11) is 0. The van der Waals surface area contributed by atoms with E-state index >= 15 is 0 Å². The molecular formula is C20H20Cl2N2O3. The van der Waals surface area contributed by atoms with Gasteiger partial charge in [-0.3, -0.25) is 9.69 Å². The molecule has 0 radical (unpaired) electrons. The van der Waals surface area contributed by atoms with Crippen molar-refractivity contribution in [3.63, 3.8) is 0 Å². The van der Waals surface area contributed by atoms with Gasteiger partial charge in [-0.05, 0) is 41.8 Å². The number of carbonyl (C=O) groups excluding carboxylic acids is 1. The number of nitrogens with one attached hydrogen (secondary N) is 1. The molecule has 2 aromatic carbocycles. The Kier molecular flexibility index (Phi) is 5.43. The highest BCUT2D eigenvalue weighted by Crippen LogP contribution is 2.35. The lowest BCUT2D eigenvalue weighted by Gasteiger charge is -2.29. The Morgan fingerprint density at radius 3 is 2.44 bits per heavy atom. The van der Waals surface area contributed by atoms with Gasteiger partial charge in [-0.2, -0.15) is 0 Å². The third-order valence-electron chi connectivity index (χ3n) is 4.76. The van der Waals surface area contributed by atoms with Gasteiger partial charge in [0, 0.05) is 19.5 Å². The van der Waals surface area contributed by atoms with E-state index in [1.807, 2.05) is 6.07 Å². The normalized spacial score (nSPS) is 16.4. The van der Waals surface area contributed by atoms with Gasteiger partial charge in [0.05, 0.1) is 35.5 Å². The molecule has 1 N–H and O–H groups in total. The third kappa shape index (κ3) is 4.15. The molecule has 0 bridgehead atoms. The van der Waals surface area contributed by atoms with Gasteiger partial charge >= 0.3 is 0 Å². The van der Waals surface area contributed by atoms with Gasteiger partial charge < -0.3 is 14.8 Å². The summed E-state index contributed by atoms with van der Waals surface area (Å²) in [4.78, 5) is 14.6. The molecule has 27 heavy (non-hydrogen) atoms. The third-order valence-corrected chi connectivity index (χ3v) is 5.39. The van der Waals surface area contributed by atoms with E-state index in [1.54, 1.807) is 18.2 Å². The standard InChI is InChI=1S/C20H20Cl2N2O3/c21-15-3-1-4-16(22)20(15)23-19(25)12-24-6-5-13-9-17-18(10-14(13)11-24)27-8-2-7-26-17/h1,3-4,9-10H,2,5-8,11-12H2,(H,23,25). The maximum Gasteiger partial charge on any atom is 0.238 e. The van der Waals surface area contributed by atoms with Crippen LogP contribution in [0.15, 0.2) is 30.3 Å². The molecule has 2 aromatic rings. The monoisotopic (exact) mass is 406 g/mol. The van der Waals surface area contributed by atoms with E-state index in [4.69, 9.17) is 32.7 Å². The second-order valence-corrected chi connectivity index (χ2v) is 7.54. The first-order chi connectivity index (χ1) is 13.1. The maximum absolute atomic E-state index is 12.5. The van der Waals surface area contributed by atoms with Crippen LogP contribution in [0.1, 0.15) is 17.5 Å². The van der Waals surface area contributed by atoms with Crippen LogP contribution in [0, 0.1) is 0 Å². The van der Waals surface area contributed by atoms with Gasteiger partial charge in [0.2, 0.25) is 5.91 Å². The molecule has 0 aliphatic carbocycles. The van der Waals surface area contributed by atoms with Crippen molar-refractivity contribution in [2.45, 2.75) is 19.4 Å². The zero-order valence-electron chi connectivity index (χ0n) is 14.8. The van der Waals surface area contributed by atoms with Crippen molar-refractivity contribution in [2.75, 3.05) is 31.6 Å². The minimum absolute atomic E-state index is 0.136. The largest absolute Gasteiger partial charge is 0.490 e. The van der Waals surface area contributed by atoms with Crippen LogP contribution in [-0.2, 0) is 17.8 Å². The van der Waals surface area contributed by atoms with Crippen molar-refractivity contribution in [2.24, 2.45) is 0 Å². The first-order valence-electron chi connectivity index (χ1n) is 8.98. The van der Waals surface area contributed by atoms with Gasteiger partial charge in [-0.15, -0.1) is 0 Å². The van der Waals surface area contributed by atoms with Crippen LogP contribution in [0.2, 0.25) is 10.0 Å². The molecule has 2 heterocycles. The zero-order chi connectivity index (χ0) is 18.8. The molecule has 0 saturated carbocycles. The SMILES string of the molecule is O=C(CN1CCc2cc3c(cc2C1)OCCCO3)Nc1c(Cl)cccc1Cl. The van der Waals surface area contributed by atoms with Crippen LogP contribution in [0.5, 0.6) is 11.5 Å². The molecule has 142 valence electrons. The average Bonchev–Trinajstić information content (AvgIpc) is 2.88. The van der Waals surface area contributed by atoms with Crippen LogP contribution in [0.25, 0.3) is 0 Å². The van der Waals surface area contributed by atoms with Crippen molar-refractivity contribution in [1.82, 2.24) is 4.90 Å². The average molecular weight is 407 g/mol. The molecule has 0 fully saturated rings. The summed E-state index contributed by atoms with van der Waals surface area (Å²) in [5.74, 6) is 1.48. The fourth-order valence-corrected chi connectivity index (χ4v) is 3.90. The number of ether oxygens (including phenoxy) is 2. The Bertz CT molecular complexity index is 852. The number of fused-ring (bicyclic) bond motifs is 2. The quantitative estimate of drug-likeness (QED) is 0.831. The zero-order valence-corrected chi connectivity index (χ0v) is 16.3. The van der Waals surface area contributed by atoms with Crippen molar-refractivity contribution >= 4 is 34.8 Å². The van der Waals surface area contributed by atoms with Gasteiger partial charge in [0.1, 0.15) is 0 Å². The first kappa shape index (κ1) is 18.4. The van der Waals surface area contributed by atoms with Crippen LogP contribution < -0.4 is 14.8 Å². The van der Waals surface area contributed by atoms with Gasteiger partial charge in [-0.1, -0.05) is 29.3 Å². The van der Waals surface area contributed by atoms with E-state index in [1.165, 1.54) is 11.1 Å². The van der Waals surface area contributed by atoms with Crippen molar-refractivity contribution < 1.29 is 14.3 Å². The van der Waals surface area contributed by atoms with E-state index in [0.717, 1.165) is 30.9 Å². The Hall–Kier alpha value is -1.95. The van der Waals surface area contributed by atoms with Crippen LogP contribution in [-0.4, -0.2) is 37.1 Å². The lowest BCUT2D eigenvalue weighted by molar-refractivity contribution is -0.117. The molecule has 7 heteroatoms. The molecule has 1 amide bonds. The predicted molar refractivity (Wildman–Crippen MR) is 106 cm³/mol. The fraction of sp³-hybridized carbons (Fsp3) is 0.350. The number of hydrogen-bond donors (Lipinski definition) is 1. The topological polar surface area (TPSA) is 50.8 Å². The van der Waals surface area contributed by atoms with Crippen LogP contribution >= 0.6 is 23.2 Å². The van der Waals surface area contributed by atoms with E-state index in [0.29, 0.717) is 35.5 Å². The lowest BCUT2D eigenvalue weighted by atomic mass is 9.99. The smallest absolute Gasteiger partial charge is 0.238 e. The summed E-state index contributed by atoms with van der Waals surface area (Å²) in [5, 5.41) is 3.68. The Morgan fingerprint density at radius 1 is 1.07 bits per heavy atom. The van der Waals surface area contributed by atoms with Crippen LogP contribution in [0.4, 0.5) is 5.69 Å². The van der Waals surface area contributed by atoms with Crippen molar-refractivity contribution in [1.29, 1.82) is 0 Å². The summed E-state index contributed by atoms with van der Waals surface area (Å²) >= 11 is 12.3. The summed E-state index contributed by atoms with van der Waals surface area (Å²) in [5.41, 5.74) is 2.89. The molecule has 2 aliphatic rings. The number of benzene rings is 2. The summed E-state index contributed by atoms with van der Waals surface area (Å²) in [6.45, 7) is 3.11. The molecule has 0 atom stereocenters. The predicted octanol–water partition coefficient (Wildman–Crippen LogP) is 4.15. The molecule has 0 unspecified atom stereocenters. The second kappa shape index (κ2) is 7.97.